The number of halogens is 2. The van der Waals surface area contributed by atoms with Crippen LogP contribution in [-0.2, 0) is 0 Å². The van der Waals surface area contributed by atoms with Crippen molar-refractivity contribution in [2.45, 2.75) is 13.0 Å². The van der Waals surface area contributed by atoms with Gasteiger partial charge in [-0.3, -0.25) is 0 Å². The highest BCUT2D eigenvalue weighted by molar-refractivity contribution is 9.10. The SMILES string of the molecule is CC(Nc1ccc(F)nc1)c1ccccc1Br. The predicted molar refractivity (Wildman–Crippen MR) is 70.4 cm³/mol. The number of aromatic nitrogens is 1. The maximum Gasteiger partial charge on any atom is 0.212 e. The van der Waals surface area contributed by atoms with Crippen molar-refractivity contribution >= 4 is 21.6 Å². The Morgan fingerprint density at radius 1 is 1.24 bits per heavy atom. The maximum absolute atomic E-state index is 12.7. The monoisotopic (exact) mass is 294 g/mol. The molecule has 1 N–H and O–H groups in total. The minimum Gasteiger partial charge on any atom is -0.377 e. The molecule has 0 bridgehead atoms. The van der Waals surface area contributed by atoms with Crippen molar-refractivity contribution in [1.29, 1.82) is 0 Å². The molecule has 1 aromatic carbocycles. The lowest BCUT2D eigenvalue weighted by molar-refractivity contribution is 0.584. The molecule has 1 aromatic heterocycles. The maximum atomic E-state index is 12.7. The van der Waals surface area contributed by atoms with E-state index in [0.717, 1.165) is 15.7 Å². The molecule has 2 aromatic rings. The van der Waals surface area contributed by atoms with Gasteiger partial charge in [0.05, 0.1) is 11.9 Å². The number of pyridine rings is 1. The van der Waals surface area contributed by atoms with Crippen LogP contribution in [0, 0.1) is 5.95 Å². The van der Waals surface area contributed by atoms with Crippen LogP contribution in [0.15, 0.2) is 47.1 Å². The Bertz CT molecular complexity index is 499. The van der Waals surface area contributed by atoms with Gasteiger partial charge in [0, 0.05) is 10.5 Å². The number of rotatable bonds is 3. The fourth-order valence-electron chi connectivity index (χ4n) is 1.62. The summed E-state index contributed by atoms with van der Waals surface area (Å²) < 4.78 is 13.7. The second-order valence-electron chi connectivity index (χ2n) is 3.76. The van der Waals surface area contributed by atoms with Gasteiger partial charge in [-0.15, -0.1) is 0 Å². The summed E-state index contributed by atoms with van der Waals surface area (Å²) in [5.41, 5.74) is 1.95. The van der Waals surface area contributed by atoms with Crippen LogP contribution in [0.4, 0.5) is 10.1 Å². The van der Waals surface area contributed by atoms with Crippen LogP contribution in [0.5, 0.6) is 0 Å². The summed E-state index contributed by atoms with van der Waals surface area (Å²) in [7, 11) is 0. The molecule has 2 nitrogen and oxygen atoms in total. The van der Waals surface area contributed by atoms with Crippen molar-refractivity contribution in [2.24, 2.45) is 0 Å². The molecular formula is C13H12BrFN2. The molecule has 0 saturated heterocycles. The summed E-state index contributed by atoms with van der Waals surface area (Å²) in [4.78, 5) is 3.61. The first-order valence-electron chi connectivity index (χ1n) is 5.29. The van der Waals surface area contributed by atoms with E-state index < -0.39 is 5.95 Å². The zero-order chi connectivity index (χ0) is 12.3. The fourth-order valence-corrected chi connectivity index (χ4v) is 2.24. The highest BCUT2D eigenvalue weighted by atomic mass is 79.9. The van der Waals surface area contributed by atoms with E-state index in [1.54, 1.807) is 6.07 Å². The largest absolute Gasteiger partial charge is 0.377 e. The third kappa shape index (κ3) is 3.03. The van der Waals surface area contributed by atoms with Gasteiger partial charge in [0.15, 0.2) is 0 Å². The van der Waals surface area contributed by atoms with Crippen LogP contribution in [0.25, 0.3) is 0 Å². The van der Waals surface area contributed by atoms with E-state index in [1.165, 1.54) is 12.3 Å². The number of anilines is 1. The van der Waals surface area contributed by atoms with Crippen molar-refractivity contribution in [1.82, 2.24) is 4.98 Å². The van der Waals surface area contributed by atoms with Crippen molar-refractivity contribution in [3.8, 4) is 0 Å². The van der Waals surface area contributed by atoms with Gasteiger partial charge in [-0.05, 0) is 30.7 Å². The Morgan fingerprint density at radius 3 is 2.65 bits per heavy atom. The van der Waals surface area contributed by atoms with Gasteiger partial charge in [0.1, 0.15) is 0 Å². The van der Waals surface area contributed by atoms with Gasteiger partial charge < -0.3 is 5.32 Å². The molecular weight excluding hydrogens is 283 g/mol. The van der Waals surface area contributed by atoms with E-state index in [2.05, 4.69) is 26.2 Å². The van der Waals surface area contributed by atoms with Crippen molar-refractivity contribution < 1.29 is 4.39 Å². The topological polar surface area (TPSA) is 24.9 Å². The number of nitrogens with one attached hydrogen (secondary N) is 1. The molecule has 2 rings (SSSR count). The lowest BCUT2D eigenvalue weighted by atomic mass is 10.1. The van der Waals surface area contributed by atoms with Crippen molar-refractivity contribution in [2.75, 3.05) is 5.32 Å². The fraction of sp³-hybridized carbons (Fsp3) is 0.154. The van der Waals surface area contributed by atoms with Crippen molar-refractivity contribution in [3.63, 3.8) is 0 Å². The number of hydrogen-bond acceptors (Lipinski definition) is 2. The summed E-state index contributed by atoms with van der Waals surface area (Å²) >= 11 is 3.51. The second-order valence-corrected chi connectivity index (χ2v) is 4.61. The first-order chi connectivity index (χ1) is 8.16. The molecule has 0 aliphatic heterocycles. The molecule has 0 aliphatic rings. The lowest BCUT2D eigenvalue weighted by Gasteiger charge is -2.16. The Kier molecular flexibility index (Phi) is 3.74. The molecule has 1 unspecified atom stereocenters. The highest BCUT2D eigenvalue weighted by Gasteiger charge is 2.08. The van der Waals surface area contributed by atoms with Crippen LogP contribution in [-0.4, -0.2) is 4.98 Å². The molecule has 4 heteroatoms. The van der Waals surface area contributed by atoms with Gasteiger partial charge >= 0.3 is 0 Å². The molecule has 1 heterocycles. The molecule has 0 fully saturated rings. The summed E-state index contributed by atoms with van der Waals surface area (Å²) in [6.45, 7) is 2.05. The summed E-state index contributed by atoms with van der Waals surface area (Å²) in [6.07, 6.45) is 1.49. The van der Waals surface area contributed by atoms with Gasteiger partial charge in [0.2, 0.25) is 5.95 Å². The number of benzene rings is 1. The summed E-state index contributed by atoms with van der Waals surface area (Å²) in [6, 6.07) is 11.1. The third-order valence-corrected chi connectivity index (χ3v) is 3.20. The van der Waals surface area contributed by atoms with Gasteiger partial charge in [-0.25, -0.2) is 4.98 Å². The average molecular weight is 295 g/mol. The molecule has 0 saturated carbocycles. The van der Waals surface area contributed by atoms with Gasteiger partial charge in [-0.1, -0.05) is 34.1 Å². The Balaban J connectivity index is 2.14. The lowest BCUT2D eigenvalue weighted by Crippen LogP contribution is -2.07. The number of nitrogens with zero attached hydrogens (tertiary/aromatic N) is 1. The standard InChI is InChI=1S/C13H12BrFN2/c1-9(11-4-2-3-5-12(11)14)17-10-6-7-13(15)16-8-10/h2-9,17H,1H3. The second kappa shape index (κ2) is 5.27. The molecule has 1 atom stereocenters. The molecule has 0 spiro atoms. The van der Waals surface area contributed by atoms with Crippen LogP contribution in [0.3, 0.4) is 0 Å². The summed E-state index contributed by atoms with van der Waals surface area (Å²) in [5.74, 6) is -0.468. The zero-order valence-corrected chi connectivity index (χ0v) is 10.9. The van der Waals surface area contributed by atoms with E-state index in [4.69, 9.17) is 0 Å². The Labute approximate surface area is 108 Å². The van der Waals surface area contributed by atoms with Crippen LogP contribution < -0.4 is 5.32 Å². The van der Waals surface area contributed by atoms with E-state index in [9.17, 15) is 4.39 Å². The molecule has 0 amide bonds. The van der Waals surface area contributed by atoms with Crippen LogP contribution in [0.1, 0.15) is 18.5 Å². The van der Waals surface area contributed by atoms with E-state index >= 15 is 0 Å². The first kappa shape index (κ1) is 12.0. The minimum absolute atomic E-state index is 0.123. The third-order valence-electron chi connectivity index (χ3n) is 2.48. The summed E-state index contributed by atoms with van der Waals surface area (Å²) in [5, 5.41) is 3.27. The van der Waals surface area contributed by atoms with Gasteiger partial charge in [0.25, 0.3) is 0 Å². The first-order valence-corrected chi connectivity index (χ1v) is 6.08. The van der Waals surface area contributed by atoms with Gasteiger partial charge in [-0.2, -0.15) is 4.39 Å². The molecule has 17 heavy (non-hydrogen) atoms. The highest BCUT2D eigenvalue weighted by Crippen LogP contribution is 2.25. The minimum atomic E-state index is -0.468. The molecule has 0 aliphatic carbocycles. The van der Waals surface area contributed by atoms with E-state index in [1.807, 2.05) is 31.2 Å². The predicted octanol–water partition coefficient (Wildman–Crippen LogP) is 4.16. The Hall–Kier alpha value is -1.42. The average Bonchev–Trinajstić information content (AvgIpc) is 2.32. The zero-order valence-electron chi connectivity index (χ0n) is 9.32. The number of hydrogen-bond donors (Lipinski definition) is 1. The smallest absolute Gasteiger partial charge is 0.212 e. The van der Waals surface area contributed by atoms with Crippen LogP contribution in [0.2, 0.25) is 0 Å². The van der Waals surface area contributed by atoms with E-state index in [-0.39, 0.29) is 6.04 Å². The Morgan fingerprint density at radius 2 is 2.00 bits per heavy atom. The normalized spacial score (nSPS) is 12.2. The molecule has 88 valence electrons. The van der Waals surface area contributed by atoms with Crippen LogP contribution >= 0.6 is 15.9 Å². The molecule has 0 radical (unpaired) electrons. The van der Waals surface area contributed by atoms with E-state index in [0.29, 0.717) is 0 Å². The van der Waals surface area contributed by atoms with Crippen molar-refractivity contribution in [3.05, 3.63) is 58.6 Å². The quantitative estimate of drug-likeness (QED) is 0.860.